The van der Waals surface area contributed by atoms with Gasteiger partial charge in [-0.25, -0.2) is 0 Å². The van der Waals surface area contributed by atoms with Gasteiger partial charge in [-0.3, -0.25) is 19.3 Å². The summed E-state index contributed by atoms with van der Waals surface area (Å²) in [7, 11) is 3.01. The Kier molecular flexibility index (Phi) is 7.02. The molecule has 0 aromatic heterocycles. The number of ketones is 1. The van der Waals surface area contributed by atoms with Crippen LogP contribution in [0, 0.1) is 13.8 Å². The number of ether oxygens (including phenoxy) is 3. The number of carbonyl (C=O) groups is 3. The SMILES string of the molecule is COc1ccc(N2C(=O)C(=O)/C(=C(/O)c3cc(C)cc(C)c3OC)C2c2ccc(OC(C)=O)cc2)cc1. The normalized spacial score (nSPS) is 16.6. The average Bonchev–Trinajstić information content (AvgIpc) is 3.13. The number of aliphatic hydroxyl groups is 1. The summed E-state index contributed by atoms with van der Waals surface area (Å²) in [6, 6.07) is 15.8. The zero-order valence-electron chi connectivity index (χ0n) is 21.2. The third-order valence-corrected chi connectivity index (χ3v) is 6.13. The third-order valence-electron chi connectivity index (χ3n) is 6.13. The second kappa shape index (κ2) is 10.2. The maximum atomic E-state index is 13.4. The van der Waals surface area contributed by atoms with Crippen LogP contribution in [0.4, 0.5) is 5.69 Å². The molecule has 0 saturated carbocycles. The zero-order chi connectivity index (χ0) is 26.9. The van der Waals surface area contributed by atoms with Crippen molar-refractivity contribution in [3.05, 3.63) is 88.5 Å². The van der Waals surface area contributed by atoms with Gasteiger partial charge < -0.3 is 19.3 Å². The average molecular weight is 502 g/mol. The van der Waals surface area contributed by atoms with Gasteiger partial charge in [0.2, 0.25) is 0 Å². The van der Waals surface area contributed by atoms with E-state index in [9.17, 15) is 19.5 Å². The van der Waals surface area contributed by atoms with Crippen LogP contribution in [0.2, 0.25) is 0 Å². The van der Waals surface area contributed by atoms with E-state index >= 15 is 0 Å². The second-order valence-corrected chi connectivity index (χ2v) is 8.69. The molecule has 1 unspecified atom stereocenters. The summed E-state index contributed by atoms with van der Waals surface area (Å²) < 4.78 is 15.9. The summed E-state index contributed by atoms with van der Waals surface area (Å²) in [6.45, 7) is 5.00. The van der Waals surface area contributed by atoms with E-state index in [-0.39, 0.29) is 11.3 Å². The maximum absolute atomic E-state index is 13.4. The predicted molar refractivity (Wildman–Crippen MR) is 138 cm³/mol. The number of amides is 1. The lowest BCUT2D eigenvalue weighted by Gasteiger charge is -2.26. The molecule has 8 nitrogen and oxygen atoms in total. The first kappa shape index (κ1) is 25.5. The van der Waals surface area contributed by atoms with Crippen molar-refractivity contribution >= 4 is 29.1 Å². The first-order valence-corrected chi connectivity index (χ1v) is 11.5. The Hall–Kier alpha value is -4.59. The molecule has 1 fully saturated rings. The molecule has 1 N–H and O–H groups in total. The van der Waals surface area contributed by atoms with Crippen molar-refractivity contribution in [2.45, 2.75) is 26.8 Å². The van der Waals surface area contributed by atoms with Crippen LogP contribution in [-0.2, 0) is 14.4 Å². The molecule has 3 aromatic rings. The maximum Gasteiger partial charge on any atom is 0.308 e. The molecule has 1 amide bonds. The lowest BCUT2D eigenvalue weighted by molar-refractivity contribution is -0.132. The Balaban J connectivity index is 1.95. The predicted octanol–water partition coefficient (Wildman–Crippen LogP) is 4.87. The van der Waals surface area contributed by atoms with E-state index in [1.807, 2.05) is 19.9 Å². The highest BCUT2D eigenvalue weighted by Crippen LogP contribution is 2.44. The van der Waals surface area contributed by atoms with Crippen molar-refractivity contribution in [1.29, 1.82) is 0 Å². The minimum absolute atomic E-state index is 0.0793. The molecule has 1 aliphatic rings. The van der Waals surface area contributed by atoms with Crippen LogP contribution in [0.3, 0.4) is 0 Å². The van der Waals surface area contributed by atoms with Crippen molar-refractivity contribution in [3.8, 4) is 17.2 Å². The first-order chi connectivity index (χ1) is 17.7. The summed E-state index contributed by atoms with van der Waals surface area (Å²) in [5.74, 6) is -1.13. The van der Waals surface area contributed by atoms with Crippen molar-refractivity contribution < 1.29 is 33.7 Å². The van der Waals surface area contributed by atoms with E-state index in [2.05, 4.69) is 0 Å². The van der Waals surface area contributed by atoms with Crippen LogP contribution in [0.5, 0.6) is 17.2 Å². The Bertz CT molecular complexity index is 1410. The highest BCUT2D eigenvalue weighted by Gasteiger charge is 2.47. The topological polar surface area (TPSA) is 102 Å². The Morgan fingerprint density at radius 1 is 0.892 bits per heavy atom. The highest BCUT2D eigenvalue weighted by molar-refractivity contribution is 6.51. The van der Waals surface area contributed by atoms with Gasteiger partial charge in [-0.15, -0.1) is 0 Å². The molecular formula is C29H27NO7. The molecule has 0 radical (unpaired) electrons. The summed E-state index contributed by atoms with van der Waals surface area (Å²) in [4.78, 5) is 39.5. The lowest BCUT2D eigenvalue weighted by atomic mass is 9.93. The van der Waals surface area contributed by atoms with Crippen molar-refractivity contribution in [2.75, 3.05) is 19.1 Å². The van der Waals surface area contributed by atoms with E-state index in [0.29, 0.717) is 34.1 Å². The quantitative estimate of drug-likeness (QED) is 0.169. The Morgan fingerprint density at radius 2 is 1.51 bits per heavy atom. The number of nitrogens with zero attached hydrogens (tertiary/aromatic N) is 1. The molecular weight excluding hydrogens is 474 g/mol. The molecule has 3 aromatic carbocycles. The third kappa shape index (κ3) is 4.78. The van der Waals surface area contributed by atoms with Gasteiger partial charge in [-0.2, -0.15) is 0 Å². The van der Waals surface area contributed by atoms with Crippen LogP contribution < -0.4 is 19.1 Å². The first-order valence-electron chi connectivity index (χ1n) is 11.5. The van der Waals surface area contributed by atoms with Gasteiger partial charge in [0, 0.05) is 12.6 Å². The Morgan fingerprint density at radius 3 is 2.08 bits per heavy atom. The molecule has 4 rings (SSSR count). The molecule has 1 saturated heterocycles. The molecule has 0 bridgehead atoms. The number of hydrogen-bond acceptors (Lipinski definition) is 7. The van der Waals surface area contributed by atoms with E-state index in [4.69, 9.17) is 14.2 Å². The van der Waals surface area contributed by atoms with Crippen molar-refractivity contribution in [3.63, 3.8) is 0 Å². The lowest BCUT2D eigenvalue weighted by Crippen LogP contribution is -2.29. The summed E-state index contributed by atoms with van der Waals surface area (Å²) in [5, 5.41) is 11.5. The summed E-state index contributed by atoms with van der Waals surface area (Å²) in [5.41, 5.74) is 2.85. The molecule has 1 atom stereocenters. The standard InChI is InChI=1S/C29H27NO7/c1-16-14-17(2)28(36-5)23(15-16)26(32)24-25(19-6-10-22(11-7-19)37-18(3)31)30(29(34)27(24)33)20-8-12-21(35-4)13-9-20/h6-15,25,32H,1-5H3/b26-24+. The minimum Gasteiger partial charge on any atom is -0.507 e. The van der Waals surface area contributed by atoms with Crippen LogP contribution in [0.1, 0.15) is 35.2 Å². The number of rotatable bonds is 6. The van der Waals surface area contributed by atoms with Crippen LogP contribution in [0.25, 0.3) is 5.76 Å². The van der Waals surface area contributed by atoms with E-state index in [1.54, 1.807) is 54.6 Å². The van der Waals surface area contributed by atoms with Gasteiger partial charge in [0.25, 0.3) is 11.7 Å². The summed E-state index contributed by atoms with van der Waals surface area (Å²) in [6.07, 6.45) is 0. The van der Waals surface area contributed by atoms with E-state index in [1.165, 1.54) is 26.0 Å². The molecule has 1 heterocycles. The Labute approximate surface area is 214 Å². The fourth-order valence-electron chi connectivity index (χ4n) is 4.59. The van der Waals surface area contributed by atoms with Gasteiger partial charge in [0.1, 0.15) is 23.0 Å². The number of anilines is 1. The van der Waals surface area contributed by atoms with Crippen LogP contribution >= 0.6 is 0 Å². The largest absolute Gasteiger partial charge is 0.507 e. The smallest absolute Gasteiger partial charge is 0.308 e. The van der Waals surface area contributed by atoms with Gasteiger partial charge in [0.15, 0.2) is 0 Å². The number of benzene rings is 3. The van der Waals surface area contributed by atoms with Crippen molar-refractivity contribution in [2.24, 2.45) is 0 Å². The number of hydrogen-bond donors (Lipinski definition) is 1. The monoisotopic (exact) mass is 501 g/mol. The van der Waals surface area contributed by atoms with Gasteiger partial charge in [0.05, 0.1) is 31.4 Å². The van der Waals surface area contributed by atoms with Crippen LogP contribution in [0.15, 0.2) is 66.2 Å². The molecule has 190 valence electrons. The number of methoxy groups -OCH3 is 2. The second-order valence-electron chi connectivity index (χ2n) is 8.69. The minimum atomic E-state index is -0.953. The van der Waals surface area contributed by atoms with Gasteiger partial charge in [-0.1, -0.05) is 18.2 Å². The molecule has 0 aliphatic carbocycles. The molecule has 37 heavy (non-hydrogen) atoms. The fraction of sp³-hybridized carbons (Fsp3) is 0.207. The molecule has 8 heteroatoms. The number of aryl methyl sites for hydroxylation is 2. The fourth-order valence-corrected chi connectivity index (χ4v) is 4.59. The number of aliphatic hydroxyl groups excluding tert-OH is 1. The van der Waals surface area contributed by atoms with E-state index in [0.717, 1.165) is 11.1 Å². The molecule has 0 spiro atoms. The number of esters is 1. The van der Waals surface area contributed by atoms with Crippen molar-refractivity contribution in [1.82, 2.24) is 0 Å². The zero-order valence-corrected chi connectivity index (χ0v) is 21.2. The van der Waals surface area contributed by atoms with Crippen LogP contribution in [-0.4, -0.2) is 37.0 Å². The molecule has 1 aliphatic heterocycles. The highest BCUT2D eigenvalue weighted by atomic mass is 16.5. The van der Waals surface area contributed by atoms with Gasteiger partial charge in [-0.05, 0) is 73.0 Å². The number of Topliss-reactive ketones (excluding diaryl/α,β-unsaturated/α-hetero) is 1. The number of carbonyl (C=O) groups excluding carboxylic acids is 3. The van der Waals surface area contributed by atoms with E-state index < -0.39 is 23.7 Å². The van der Waals surface area contributed by atoms with Gasteiger partial charge >= 0.3 is 5.97 Å². The summed E-state index contributed by atoms with van der Waals surface area (Å²) >= 11 is 0.